The molecule has 1 spiro atoms. The standard InChI is InChI=1S/C27H34N2O9S3/c1-17-9-10-27(26(3,34)25(33)40-41(27)35)14-22(31)28-18(2)24-29-19(16-39-24)7-5-6-8-20(30)21(13-17)38-23(32)15-37-12-11-36-4/h5-8,13,16,18,21,34H,9-12,14-15H2,1-4H3,(H,28,31)/b7-5-,8-6+,17-13+/t18-,21-,26+,27-,41?/m1/s1. The Hall–Kier alpha value is -2.33. The van der Waals surface area contributed by atoms with Crippen molar-refractivity contribution in [2.24, 2.45) is 0 Å². The largest absolute Gasteiger partial charge is 0.604 e. The molecule has 0 aliphatic carbocycles. The van der Waals surface area contributed by atoms with Gasteiger partial charge in [-0.15, -0.1) is 11.3 Å². The predicted octanol–water partition coefficient (Wildman–Crippen LogP) is 2.59. The molecule has 14 heteroatoms. The number of carbonyl (C=O) groups is 4. The van der Waals surface area contributed by atoms with Crippen LogP contribution in [-0.4, -0.2) is 80.8 Å². The highest BCUT2D eigenvalue weighted by Crippen LogP contribution is 2.53. The van der Waals surface area contributed by atoms with E-state index in [2.05, 4.69) is 10.3 Å². The van der Waals surface area contributed by atoms with Crippen LogP contribution in [0.4, 0.5) is 0 Å². The lowest BCUT2D eigenvalue weighted by atomic mass is 9.81. The van der Waals surface area contributed by atoms with Gasteiger partial charge < -0.3 is 29.2 Å². The van der Waals surface area contributed by atoms with Gasteiger partial charge in [-0.2, -0.15) is 0 Å². The Balaban J connectivity index is 1.95. The highest BCUT2D eigenvalue weighted by Gasteiger charge is 2.69. The van der Waals surface area contributed by atoms with Crippen LogP contribution in [0, 0.1) is 0 Å². The van der Waals surface area contributed by atoms with E-state index in [4.69, 9.17) is 14.2 Å². The summed E-state index contributed by atoms with van der Waals surface area (Å²) in [4.78, 5) is 55.7. The molecule has 5 atom stereocenters. The van der Waals surface area contributed by atoms with Crippen molar-refractivity contribution < 1.29 is 43.0 Å². The second-order valence-electron chi connectivity index (χ2n) is 9.84. The van der Waals surface area contributed by atoms with Gasteiger partial charge in [0.2, 0.25) is 5.91 Å². The highest BCUT2D eigenvalue weighted by molar-refractivity contribution is 8.79. The molecule has 11 nitrogen and oxygen atoms in total. The van der Waals surface area contributed by atoms with Gasteiger partial charge in [0.05, 0.1) is 31.4 Å². The van der Waals surface area contributed by atoms with Crippen molar-refractivity contribution in [3.05, 3.63) is 46.0 Å². The number of ketones is 1. The molecule has 1 saturated heterocycles. The number of methoxy groups -OCH3 is 1. The number of thiazole rings is 1. The molecule has 0 saturated carbocycles. The summed E-state index contributed by atoms with van der Waals surface area (Å²) in [5.74, 6) is -1.76. The minimum atomic E-state index is -2.05. The van der Waals surface area contributed by atoms with Gasteiger partial charge in [-0.1, -0.05) is 17.7 Å². The number of hydrogen-bond donors (Lipinski definition) is 2. The lowest BCUT2D eigenvalue weighted by Crippen LogP contribution is -2.56. The smallest absolute Gasteiger partial charge is 0.333 e. The molecule has 224 valence electrons. The average molecular weight is 627 g/mol. The van der Waals surface area contributed by atoms with Crippen molar-refractivity contribution in [3.8, 4) is 0 Å². The number of aromatic nitrogens is 1. The number of amides is 1. The molecular weight excluding hydrogens is 593 g/mol. The number of nitrogens with zero attached hydrogens (tertiary/aromatic N) is 1. The Morgan fingerprint density at radius 2 is 2.00 bits per heavy atom. The van der Waals surface area contributed by atoms with E-state index < -0.39 is 55.5 Å². The van der Waals surface area contributed by atoms with Crippen molar-refractivity contribution >= 4 is 61.2 Å². The Morgan fingerprint density at radius 1 is 1.27 bits per heavy atom. The van der Waals surface area contributed by atoms with Crippen LogP contribution < -0.4 is 5.32 Å². The molecule has 0 radical (unpaired) electrons. The molecule has 2 aliphatic heterocycles. The van der Waals surface area contributed by atoms with Crippen molar-refractivity contribution in [2.45, 2.75) is 62.5 Å². The summed E-state index contributed by atoms with van der Waals surface area (Å²) in [6.45, 7) is 4.79. The minimum absolute atomic E-state index is 0.00948. The third-order valence-electron chi connectivity index (χ3n) is 6.68. The quantitative estimate of drug-likeness (QED) is 0.157. The fourth-order valence-corrected chi connectivity index (χ4v) is 8.94. The van der Waals surface area contributed by atoms with Crippen LogP contribution in [0.2, 0.25) is 0 Å². The van der Waals surface area contributed by atoms with Crippen LogP contribution in [-0.2, 0) is 43.6 Å². The maximum atomic E-state index is 13.3. The second-order valence-corrected chi connectivity index (χ2v) is 13.9. The summed E-state index contributed by atoms with van der Waals surface area (Å²) in [7, 11) is 0.0813. The van der Waals surface area contributed by atoms with Crippen LogP contribution >= 0.6 is 22.1 Å². The monoisotopic (exact) mass is 626 g/mol. The fraction of sp³-hybridized carbons (Fsp3) is 0.519. The maximum Gasteiger partial charge on any atom is 0.333 e. The number of ether oxygens (including phenoxy) is 3. The van der Waals surface area contributed by atoms with Crippen LogP contribution in [0.1, 0.15) is 56.8 Å². The number of nitrogens with one attached hydrogen (secondary N) is 1. The fourth-order valence-electron chi connectivity index (χ4n) is 4.20. The molecule has 0 aromatic carbocycles. The first kappa shape index (κ1) is 33.2. The van der Waals surface area contributed by atoms with Crippen molar-refractivity contribution in [2.75, 3.05) is 26.9 Å². The van der Waals surface area contributed by atoms with Crippen LogP contribution in [0.3, 0.4) is 0 Å². The number of fused-ring (bicyclic) bond motifs is 2. The zero-order valence-electron chi connectivity index (χ0n) is 23.2. The van der Waals surface area contributed by atoms with Crippen LogP contribution in [0.25, 0.3) is 6.08 Å². The average Bonchev–Trinajstić information content (AvgIpc) is 3.44. The first-order chi connectivity index (χ1) is 19.4. The summed E-state index contributed by atoms with van der Waals surface area (Å²) >= 11 is 1.33. The predicted molar refractivity (Wildman–Crippen MR) is 156 cm³/mol. The van der Waals surface area contributed by atoms with E-state index in [9.17, 15) is 28.8 Å². The zero-order chi connectivity index (χ0) is 30.2. The molecule has 2 N–H and O–H groups in total. The molecule has 1 amide bonds. The summed E-state index contributed by atoms with van der Waals surface area (Å²) < 4.78 is 27.1. The Kier molecular flexibility index (Phi) is 11.9. The zero-order valence-corrected chi connectivity index (χ0v) is 25.7. The van der Waals surface area contributed by atoms with Crippen LogP contribution in [0.15, 0.2) is 35.3 Å². The third-order valence-corrected chi connectivity index (χ3v) is 11.7. The molecule has 1 unspecified atom stereocenters. The third kappa shape index (κ3) is 8.37. The molecule has 2 aliphatic rings. The van der Waals surface area contributed by atoms with Crippen molar-refractivity contribution in [3.63, 3.8) is 0 Å². The van der Waals surface area contributed by atoms with Gasteiger partial charge in [0.15, 0.2) is 33.0 Å². The van der Waals surface area contributed by atoms with E-state index in [1.165, 1.54) is 43.6 Å². The van der Waals surface area contributed by atoms with E-state index in [0.29, 0.717) is 27.1 Å². The van der Waals surface area contributed by atoms with Gasteiger partial charge in [-0.05, 0) is 45.4 Å². The Morgan fingerprint density at radius 3 is 2.68 bits per heavy atom. The number of hydrogen-bond acceptors (Lipinski definition) is 12. The van der Waals surface area contributed by atoms with Crippen molar-refractivity contribution in [1.82, 2.24) is 10.3 Å². The second kappa shape index (κ2) is 14.7. The van der Waals surface area contributed by atoms with Gasteiger partial charge in [-0.3, -0.25) is 14.4 Å². The molecule has 3 rings (SSSR count). The summed E-state index contributed by atoms with van der Waals surface area (Å²) in [5, 5.41) is 15.8. The first-order valence-corrected chi connectivity index (χ1v) is 16.2. The Bertz CT molecular complexity index is 1230. The van der Waals surface area contributed by atoms with E-state index in [1.807, 2.05) is 0 Å². The number of carbonyl (C=O) groups excluding carboxylic acids is 4. The molecular formula is C27H34N2O9S3. The van der Waals surface area contributed by atoms with Gasteiger partial charge >= 0.3 is 5.97 Å². The summed E-state index contributed by atoms with van der Waals surface area (Å²) in [6, 6.07) is -0.471. The summed E-state index contributed by atoms with van der Waals surface area (Å²) in [6.07, 6.45) is 6.04. The topological polar surface area (TPSA) is 164 Å². The van der Waals surface area contributed by atoms with E-state index in [0.717, 1.165) is 0 Å². The van der Waals surface area contributed by atoms with E-state index in [1.54, 1.807) is 31.4 Å². The van der Waals surface area contributed by atoms with Gasteiger partial charge in [-0.25, -0.2) is 9.78 Å². The SMILES string of the molecule is COCCOCC(=O)O[C@@H]1/C=C(\C)CC[C@]2(CC(=O)N[C@H](C)c3nc(cs3)/C=C\C=C\C1=O)[S+]([O-])SC(=O)[C@]2(C)O. The van der Waals surface area contributed by atoms with Crippen LogP contribution in [0.5, 0.6) is 0 Å². The molecule has 3 heterocycles. The van der Waals surface area contributed by atoms with E-state index >= 15 is 0 Å². The Labute approximate surface area is 249 Å². The lowest BCUT2D eigenvalue weighted by Gasteiger charge is -2.35. The molecule has 41 heavy (non-hydrogen) atoms. The van der Waals surface area contributed by atoms with Gasteiger partial charge in [0.1, 0.15) is 11.6 Å². The number of rotatable bonds is 6. The first-order valence-electron chi connectivity index (χ1n) is 12.8. The number of allylic oxidation sites excluding steroid dienone is 3. The molecule has 1 aromatic rings. The van der Waals surface area contributed by atoms with Crippen molar-refractivity contribution in [1.29, 1.82) is 0 Å². The lowest BCUT2D eigenvalue weighted by molar-refractivity contribution is -0.156. The number of aliphatic hydroxyl groups is 1. The number of esters is 1. The van der Waals surface area contributed by atoms with Gasteiger partial charge in [0.25, 0.3) is 5.12 Å². The normalized spacial score (nSPS) is 32.5. The molecule has 1 aromatic heterocycles. The maximum absolute atomic E-state index is 13.3. The minimum Gasteiger partial charge on any atom is -0.604 e. The molecule has 2 bridgehead atoms. The molecule has 1 fully saturated rings. The highest BCUT2D eigenvalue weighted by atomic mass is 33.1. The van der Waals surface area contributed by atoms with E-state index in [-0.39, 0.29) is 39.1 Å². The summed E-state index contributed by atoms with van der Waals surface area (Å²) in [5.41, 5.74) is -0.872. The van der Waals surface area contributed by atoms with Gasteiger partial charge in [0, 0.05) is 29.1 Å².